The smallest absolute Gasteiger partial charge is 0.00147 e. The molecule has 90 valence electrons. The molecule has 1 saturated heterocycles. The summed E-state index contributed by atoms with van der Waals surface area (Å²) in [5.74, 6) is 0.870. The normalized spacial score (nSPS) is 20.8. The van der Waals surface area contributed by atoms with E-state index in [0.29, 0.717) is 0 Å². The van der Waals surface area contributed by atoms with Gasteiger partial charge in [0, 0.05) is 6.54 Å². The van der Waals surface area contributed by atoms with Gasteiger partial charge in [-0.2, -0.15) is 0 Å². The van der Waals surface area contributed by atoms with Gasteiger partial charge in [0.2, 0.25) is 0 Å². The van der Waals surface area contributed by atoms with Crippen molar-refractivity contribution in [3.63, 3.8) is 0 Å². The highest BCUT2D eigenvalue weighted by Crippen LogP contribution is 2.16. The molecule has 1 aliphatic heterocycles. The van der Waals surface area contributed by atoms with Crippen LogP contribution in [0.25, 0.3) is 0 Å². The first kappa shape index (κ1) is 12.9. The topological polar surface area (TPSA) is 41.3 Å². The largest absolute Gasteiger partial charge is 0.330 e. The average molecular weight is 213 g/mol. The first-order valence-electron chi connectivity index (χ1n) is 6.13. The van der Waals surface area contributed by atoms with Crippen LogP contribution in [0.5, 0.6) is 0 Å². The predicted molar refractivity (Wildman–Crippen MR) is 65.9 cm³/mol. The summed E-state index contributed by atoms with van der Waals surface area (Å²) in [4.78, 5) is 2.42. The van der Waals surface area contributed by atoms with E-state index in [0.717, 1.165) is 25.6 Å². The van der Waals surface area contributed by atoms with Crippen LogP contribution in [-0.4, -0.2) is 44.7 Å². The third-order valence-corrected chi connectivity index (χ3v) is 3.43. The van der Waals surface area contributed by atoms with E-state index >= 15 is 0 Å². The van der Waals surface area contributed by atoms with Gasteiger partial charge in [0.1, 0.15) is 0 Å². The van der Waals surface area contributed by atoms with Gasteiger partial charge in [-0.1, -0.05) is 13.8 Å². The second-order valence-electron chi connectivity index (χ2n) is 5.75. The molecule has 0 aromatic rings. The lowest BCUT2D eigenvalue weighted by Crippen LogP contribution is -2.40. The molecule has 0 unspecified atom stereocenters. The maximum atomic E-state index is 5.70. The number of piperidine rings is 1. The van der Waals surface area contributed by atoms with Gasteiger partial charge < -0.3 is 16.0 Å². The number of nitrogens with one attached hydrogen (secondary N) is 1. The van der Waals surface area contributed by atoms with E-state index in [9.17, 15) is 0 Å². The molecular weight excluding hydrogens is 186 g/mol. The highest BCUT2D eigenvalue weighted by atomic mass is 15.1. The van der Waals surface area contributed by atoms with Gasteiger partial charge in [-0.25, -0.2) is 0 Å². The fourth-order valence-electron chi connectivity index (χ4n) is 1.95. The summed E-state index contributed by atoms with van der Waals surface area (Å²) >= 11 is 0. The zero-order valence-electron chi connectivity index (χ0n) is 10.6. The van der Waals surface area contributed by atoms with Crippen molar-refractivity contribution in [1.82, 2.24) is 10.2 Å². The third kappa shape index (κ3) is 4.96. The van der Waals surface area contributed by atoms with Crippen LogP contribution in [0.1, 0.15) is 26.7 Å². The van der Waals surface area contributed by atoms with Crippen LogP contribution >= 0.6 is 0 Å². The number of hydrogen-bond donors (Lipinski definition) is 2. The third-order valence-electron chi connectivity index (χ3n) is 3.43. The van der Waals surface area contributed by atoms with Crippen LogP contribution in [0.15, 0.2) is 0 Å². The van der Waals surface area contributed by atoms with Crippen molar-refractivity contribution in [2.45, 2.75) is 26.7 Å². The number of likely N-dealkylation sites (tertiary alicyclic amines) is 1. The molecule has 0 aromatic heterocycles. The molecule has 1 fully saturated rings. The number of nitrogens with zero attached hydrogens (tertiary/aromatic N) is 1. The van der Waals surface area contributed by atoms with Crippen LogP contribution in [0, 0.1) is 11.3 Å². The Kier molecular flexibility index (Phi) is 5.03. The van der Waals surface area contributed by atoms with Crippen molar-refractivity contribution < 1.29 is 0 Å². The first-order chi connectivity index (χ1) is 7.03. The first-order valence-corrected chi connectivity index (χ1v) is 6.13. The zero-order chi connectivity index (χ0) is 11.3. The Morgan fingerprint density at radius 2 is 1.93 bits per heavy atom. The van der Waals surface area contributed by atoms with Crippen LogP contribution in [0.2, 0.25) is 0 Å². The quantitative estimate of drug-likeness (QED) is 0.713. The standard InChI is InChI=1S/C12H27N3/c1-12(2,9-13)10-14-8-11-4-6-15(3)7-5-11/h11,14H,4-10,13H2,1-3H3. The van der Waals surface area contributed by atoms with Crippen LogP contribution in [-0.2, 0) is 0 Å². The average Bonchev–Trinajstić information content (AvgIpc) is 2.21. The monoisotopic (exact) mass is 213 g/mol. The molecule has 0 spiro atoms. The maximum Gasteiger partial charge on any atom is 0.00147 e. The van der Waals surface area contributed by atoms with Crippen molar-refractivity contribution >= 4 is 0 Å². The van der Waals surface area contributed by atoms with Crippen molar-refractivity contribution in [2.24, 2.45) is 17.1 Å². The van der Waals surface area contributed by atoms with E-state index < -0.39 is 0 Å². The van der Waals surface area contributed by atoms with Gasteiger partial charge in [0.05, 0.1) is 0 Å². The fourth-order valence-corrected chi connectivity index (χ4v) is 1.95. The molecule has 3 nitrogen and oxygen atoms in total. The summed E-state index contributed by atoms with van der Waals surface area (Å²) in [6.45, 7) is 9.91. The summed E-state index contributed by atoms with van der Waals surface area (Å²) in [5, 5.41) is 3.56. The van der Waals surface area contributed by atoms with E-state index in [2.05, 4.69) is 31.1 Å². The molecule has 0 radical (unpaired) electrons. The van der Waals surface area contributed by atoms with E-state index in [1.165, 1.54) is 25.9 Å². The molecule has 0 aromatic carbocycles. The lowest BCUT2D eigenvalue weighted by atomic mass is 9.92. The Bertz CT molecular complexity index is 172. The predicted octanol–water partition coefficient (Wildman–Crippen LogP) is 0.903. The molecule has 0 atom stereocenters. The molecule has 1 rings (SSSR count). The lowest BCUT2D eigenvalue weighted by molar-refractivity contribution is 0.211. The zero-order valence-corrected chi connectivity index (χ0v) is 10.6. The Labute approximate surface area is 94.4 Å². The van der Waals surface area contributed by atoms with E-state index in [1.54, 1.807) is 0 Å². The van der Waals surface area contributed by atoms with E-state index in [4.69, 9.17) is 5.73 Å². The van der Waals surface area contributed by atoms with Crippen LogP contribution in [0.4, 0.5) is 0 Å². The number of nitrogens with two attached hydrogens (primary N) is 1. The van der Waals surface area contributed by atoms with Gasteiger partial charge in [-0.05, 0) is 57.4 Å². The van der Waals surface area contributed by atoms with Crippen molar-refractivity contribution in [1.29, 1.82) is 0 Å². The molecule has 15 heavy (non-hydrogen) atoms. The van der Waals surface area contributed by atoms with Gasteiger partial charge >= 0.3 is 0 Å². The molecule has 0 saturated carbocycles. The molecule has 0 aliphatic carbocycles. The fraction of sp³-hybridized carbons (Fsp3) is 1.00. The minimum Gasteiger partial charge on any atom is -0.330 e. The molecule has 3 heteroatoms. The minimum absolute atomic E-state index is 0.242. The summed E-state index contributed by atoms with van der Waals surface area (Å²) in [6, 6.07) is 0. The second kappa shape index (κ2) is 5.83. The number of hydrogen-bond acceptors (Lipinski definition) is 3. The molecule has 0 amide bonds. The highest BCUT2D eigenvalue weighted by Gasteiger charge is 2.18. The second-order valence-corrected chi connectivity index (χ2v) is 5.75. The van der Waals surface area contributed by atoms with Gasteiger partial charge in [-0.3, -0.25) is 0 Å². The maximum absolute atomic E-state index is 5.70. The van der Waals surface area contributed by atoms with Crippen LogP contribution in [0.3, 0.4) is 0 Å². The number of rotatable bonds is 5. The molecule has 3 N–H and O–H groups in total. The molecule has 1 heterocycles. The Balaban J connectivity index is 2.10. The molecule has 1 aliphatic rings. The lowest BCUT2D eigenvalue weighted by Gasteiger charge is -2.30. The van der Waals surface area contributed by atoms with Crippen LogP contribution < -0.4 is 11.1 Å². The Morgan fingerprint density at radius 1 is 1.33 bits per heavy atom. The van der Waals surface area contributed by atoms with Crippen molar-refractivity contribution in [3.05, 3.63) is 0 Å². The minimum atomic E-state index is 0.242. The van der Waals surface area contributed by atoms with E-state index in [-0.39, 0.29) is 5.41 Å². The SMILES string of the molecule is CN1CCC(CNCC(C)(C)CN)CC1. The summed E-state index contributed by atoms with van der Waals surface area (Å²) in [7, 11) is 2.21. The highest BCUT2D eigenvalue weighted by molar-refractivity contribution is 4.76. The van der Waals surface area contributed by atoms with Gasteiger partial charge in [0.25, 0.3) is 0 Å². The Hall–Kier alpha value is -0.120. The Morgan fingerprint density at radius 3 is 2.47 bits per heavy atom. The van der Waals surface area contributed by atoms with Gasteiger partial charge in [-0.15, -0.1) is 0 Å². The summed E-state index contributed by atoms with van der Waals surface area (Å²) in [6.07, 6.45) is 2.68. The molecular formula is C12H27N3. The molecule has 0 bridgehead atoms. The van der Waals surface area contributed by atoms with Crippen molar-refractivity contribution in [2.75, 3.05) is 39.8 Å². The van der Waals surface area contributed by atoms with Crippen molar-refractivity contribution in [3.8, 4) is 0 Å². The summed E-state index contributed by atoms with van der Waals surface area (Å²) in [5.41, 5.74) is 5.94. The van der Waals surface area contributed by atoms with Gasteiger partial charge in [0.15, 0.2) is 0 Å². The summed E-state index contributed by atoms with van der Waals surface area (Å²) < 4.78 is 0. The van der Waals surface area contributed by atoms with E-state index in [1.807, 2.05) is 0 Å².